The van der Waals surface area contributed by atoms with Crippen molar-refractivity contribution < 1.29 is 8.42 Å². The predicted molar refractivity (Wildman–Crippen MR) is 98.0 cm³/mol. The number of hydrogen-bond acceptors (Lipinski definition) is 4. The molecule has 2 heterocycles. The van der Waals surface area contributed by atoms with Crippen LogP contribution >= 0.6 is 0 Å². The van der Waals surface area contributed by atoms with Crippen molar-refractivity contribution in [3.63, 3.8) is 0 Å². The zero-order chi connectivity index (χ0) is 16.9. The Morgan fingerprint density at radius 3 is 2.71 bits per heavy atom. The Morgan fingerprint density at radius 2 is 1.92 bits per heavy atom. The third-order valence-electron chi connectivity index (χ3n) is 5.46. The van der Waals surface area contributed by atoms with Crippen LogP contribution in [0.25, 0.3) is 0 Å². The number of rotatable bonds is 1. The molecule has 0 unspecified atom stereocenters. The number of anilines is 1. The van der Waals surface area contributed by atoms with E-state index in [0.29, 0.717) is 11.4 Å². The Labute approximate surface area is 144 Å². The molecular weight excluding hydrogens is 320 g/mol. The number of sulfone groups is 1. The molecule has 128 valence electrons. The fourth-order valence-electron chi connectivity index (χ4n) is 4.04. The van der Waals surface area contributed by atoms with E-state index in [9.17, 15) is 8.42 Å². The average Bonchev–Trinajstić information content (AvgIpc) is 2.71. The molecule has 1 aromatic carbocycles. The van der Waals surface area contributed by atoms with Gasteiger partial charge in [-0.15, -0.1) is 0 Å². The van der Waals surface area contributed by atoms with Gasteiger partial charge in [0.05, 0.1) is 11.4 Å². The maximum Gasteiger partial charge on any atom is 0.173 e. The number of allylic oxidation sites excluding steroid dienone is 3. The Kier molecular flexibility index (Phi) is 3.71. The van der Waals surface area contributed by atoms with Crippen molar-refractivity contribution in [2.24, 2.45) is 0 Å². The lowest BCUT2D eigenvalue weighted by Crippen LogP contribution is -2.26. The Morgan fingerprint density at radius 1 is 1.08 bits per heavy atom. The molecule has 1 aromatic rings. The van der Waals surface area contributed by atoms with Crippen molar-refractivity contribution in [2.45, 2.75) is 32.1 Å². The van der Waals surface area contributed by atoms with Crippen LogP contribution in [-0.2, 0) is 29.1 Å². The molecule has 0 fully saturated rings. The van der Waals surface area contributed by atoms with Gasteiger partial charge < -0.3 is 10.2 Å². The van der Waals surface area contributed by atoms with Crippen molar-refractivity contribution in [1.29, 1.82) is 0 Å². The van der Waals surface area contributed by atoms with Crippen molar-refractivity contribution in [1.82, 2.24) is 5.32 Å². The van der Waals surface area contributed by atoms with Gasteiger partial charge in [0.15, 0.2) is 9.84 Å². The highest BCUT2D eigenvalue weighted by Gasteiger charge is 2.24. The highest BCUT2D eigenvalue weighted by molar-refractivity contribution is 7.94. The molecule has 0 spiro atoms. The summed E-state index contributed by atoms with van der Waals surface area (Å²) in [6.07, 6.45) is 8.33. The largest absolute Gasteiger partial charge is 0.383 e. The van der Waals surface area contributed by atoms with E-state index in [0.717, 1.165) is 37.8 Å². The van der Waals surface area contributed by atoms with Crippen molar-refractivity contribution in [3.8, 4) is 0 Å². The van der Waals surface area contributed by atoms with Crippen molar-refractivity contribution >= 4 is 15.5 Å². The van der Waals surface area contributed by atoms with Crippen LogP contribution in [0.4, 0.5) is 5.69 Å². The van der Waals surface area contributed by atoms with E-state index in [1.54, 1.807) is 0 Å². The summed E-state index contributed by atoms with van der Waals surface area (Å²) >= 11 is 0. The molecule has 4 rings (SSSR count). The lowest BCUT2D eigenvalue weighted by atomic mass is 9.93. The van der Waals surface area contributed by atoms with E-state index in [2.05, 4.69) is 29.4 Å². The topological polar surface area (TPSA) is 49.4 Å². The number of nitrogens with zero attached hydrogens (tertiary/aromatic N) is 1. The summed E-state index contributed by atoms with van der Waals surface area (Å²) in [5.74, 6) is 0. The third-order valence-corrected chi connectivity index (χ3v) is 6.67. The van der Waals surface area contributed by atoms with E-state index in [1.165, 1.54) is 40.8 Å². The molecule has 1 N–H and O–H groups in total. The third kappa shape index (κ3) is 2.75. The molecule has 0 amide bonds. The normalized spacial score (nSPS) is 20.4. The molecule has 0 bridgehead atoms. The van der Waals surface area contributed by atoms with Crippen molar-refractivity contribution in [2.75, 3.05) is 31.3 Å². The van der Waals surface area contributed by atoms with Gasteiger partial charge in [0.1, 0.15) is 0 Å². The van der Waals surface area contributed by atoms with Crippen LogP contribution in [0.3, 0.4) is 0 Å². The van der Waals surface area contributed by atoms with E-state index in [4.69, 9.17) is 0 Å². The van der Waals surface area contributed by atoms with Crippen LogP contribution < -0.4 is 10.2 Å². The molecule has 0 saturated carbocycles. The van der Waals surface area contributed by atoms with Gasteiger partial charge in [0.25, 0.3) is 0 Å². The average molecular weight is 344 g/mol. The first-order chi connectivity index (χ1) is 11.4. The van der Waals surface area contributed by atoms with Crippen LogP contribution in [0.1, 0.15) is 29.5 Å². The second-order valence-electron chi connectivity index (χ2n) is 7.19. The summed E-state index contributed by atoms with van der Waals surface area (Å²) in [6.45, 7) is 1.54. The van der Waals surface area contributed by atoms with Gasteiger partial charge in [0.2, 0.25) is 0 Å². The molecule has 0 radical (unpaired) electrons. The SMILES string of the molecule is CN1CCCc2cc3c(cc21)CCC1=C(C3)NCC(S(C)(=O)=O)=C1. The lowest BCUT2D eigenvalue weighted by Gasteiger charge is -2.29. The standard InChI is InChI=1S/C19H24N2O2S/c1-21-7-3-4-15-8-16-10-18-14(6-5-13(16)11-19(15)21)9-17(12-20-18)24(2,22)23/h8-9,11,20H,3-7,10,12H2,1-2H3. The molecule has 4 nitrogen and oxygen atoms in total. The molecule has 1 aliphatic carbocycles. The van der Waals surface area contributed by atoms with E-state index >= 15 is 0 Å². The van der Waals surface area contributed by atoms with E-state index in [1.807, 2.05) is 6.08 Å². The van der Waals surface area contributed by atoms with Gasteiger partial charge in [-0.1, -0.05) is 6.07 Å². The van der Waals surface area contributed by atoms with Gasteiger partial charge in [-0.3, -0.25) is 0 Å². The molecule has 0 saturated heterocycles. The quantitative estimate of drug-likeness (QED) is 0.850. The Balaban J connectivity index is 1.71. The zero-order valence-electron chi connectivity index (χ0n) is 14.4. The summed E-state index contributed by atoms with van der Waals surface area (Å²) in [7, 11) is -0.945. The van der Waals surface area contributed by atoms with Gasteiger partial charge >= 0.3 is 0 Å². The number of nitrogens with one attached hydrogen (secondary N) is 1. The van der Waals surface area contributed by atoms with Crippen LogP contribution in [0.15, 0.2) is 34.4 Å². The second kappa shape index (κ2) is 5.66. The number of benzene rings is 1. The van der Waals surface area contributed by atoms with Gasteiger partial charge in [-0.2, -0.15) is 0 Å². The first kappa shape index (κ1) is 15.8. The lowest BCUT2D eigenvalue weighted by molar-refractivity contribution is 0.605. The molecule has 0 atom stereocenters. The van der Waals surface area contributed by atoms with E-state index < -0.39 is 9.84 Å². The Bertz CT molecular complexity index is 866. The van der Waals surface area contributed by atoms with Crippen LogP contribution in [-0.4, -0.2) is 34.8 Å². The van der Waals surface area contributed by atoms with Crippen LogP contribution in [0.5, 0.6) is 0 Å². The van der Waals surface area contributed by atoms with E-state index in [-0.39, 0.29) is 0 Å². The van der Waals surface area contributed by atoms with Crippen LogP contribution in [0, 0.1) is 0 Å². The fourth-order valence-corrected chi connectivity index (χ4v) is 4.73. The minimum absolute atomic E-state index is 0.417. The maximum atomic E-state index is 11.8. The minimum Gasteiger partial charge on any atom is -0.383 e. The maximum absolute atomic E-state index is 11.8. The fraction of sp³-hybridized carbons (Fsp3) is 0.474. The highest BCUT2D eigenvalue weighted by Crippen LogP contribution is 2.34. The molecular formula is C19H24N2O2S. The highest BCUT2D eigenvalue weighted by atomic mass is 32.2. The number of hydrogen-bond donors (Lipinski definition) is 1. The summed E-state index contributed by atoms with van der Waals surface area (Å²) < 4.78 is 23.7. The van der Waals surface area contributed by atoms with Crippen LogP contribution in [0.2, 0.25) is 0 Å². The second-order valence-corrected chi connectivity index (χ2v) is 9.26. The van der Waals surface area contributed by atoms with Gasteiger partial charge in [0, 0.05) is 37.7 Å². The number of fused-ring (bicyclic) bond motifs is 2. The number of aryl methyl sites for hydroxylation is 2. The summed E-state index contributed by atoms with van der Waals surface area (Å²) in [4.78, 5) is 2.86. The first-order valence-electron chi connectivity index (χ1n) is 8.64. The zero-order valence-corrected chi connectivity index (χ0v) is 15.2. The smallest absolute Gasteiger partial charge is 0.173 e. The van der Waals surface area contributed by atoms with Gasteiger partial charge in [-0.05, 0) is 60.1 Å². The van der Waals surface area contributed by atoms with Crippen molar-refractivity contribution in [3.05, 3.63) is 51.1 Å². The predicted octanol–water partition coefficient (Wildman–Crippen LogP) is 2.34. The Hall–Kier alpha value is -1.75. The number of dihydropyridines is 1. The van der Waals surface area contributed by atoms with Gasteiger partial charge in [-0.25, -0.2) is 8.42 Å². The molecule has 2 aliphatic heterocycles. The monoisotopic (exact) mass is 344 g/mol. The summed E-state index contributed by atoms with van der Waals surface area (Å²) in [5.41, 5.74) is 8.00. The summed E-state index contributed by atoms with van der Waals surface area (Å²) in [6, 6.07) is 4.75. The molecule has 5 heteroatoms. The summed E-state index contributed by atoms with van der Waals surface area (Å²) in [5, 5.41) is 3.37. The molecule has 3 aliphatic rings. The molecule has 0 aromatic heterocycles. The molecule has 24 heavy (non-hydrogen) atoms. The first-order valence-corrected chi connectivity index (χ1v) is 10.5. The minimum atomic E-state index is -3.12.